The fourth-order valence-corrected chi connectivity index (χ4v) is 0.793. The Morgan fingerprint density at radius 2 is 1.92 bits per heavy atom. The van der Waals surface area contributed by atoms with Crippen LogP contribution in [-0.2, 0) is 0 Å². The van der Waals surface area contributed by atoms with Gasteiger partial charge in [-0.1, -0.05) is 13.8 Å². The smallest absolute Gasteiger partial charge is 0.152 e. The van der Waals surface area contributed by atoms with E-state index in [-0.39, 0.29) is 5.41 Å². The fraction of sp³-hybridized carbons (Fsp3) is 0.667. The van der Waals surface area contributed by atoms with Gasteiger partial charge in [-0.15, -0.1) is 5.10 Å². The lowest BCUT2D eigenvalue weighted by Crippen LogP contribution is -2.14. The molecule has 0 N–H and O–H groups in total. The zero-order valence-electron chi connectivity index (χ0n) is 8.07. The Hall–Kier alpha value is -0.990. The van der Waals surface area contributed by atoms with Crippen molar-refractivity contribution < 1.29 is 0 Å². The third-order valence-electron chi connectivity index (χ3n) is 1.60. The molecule has 0 amide bonds. The Bertz CT molecular complexity index is 246. The van der Waals surface area contributed by atoms with E-state index in [2.05, 4.69) is 42.9 Å². The number of amidine groups is 1. The van der Waals surface area contributed by atoms with Gasteiger partial charge in [0.1, 0.15) is 0 Å². The van der Waals surface area contributed by atoms with E-state index < -0.39 is 0 Å². The molecule has 1 aliphatic rings. The second-order valence-electron chi connectivity index (χ2n) is 3.94. The highest BCUT2D eigenvalue weighted by molar-refractivity contribution is 5.99. The summed E-state index contributed by atoms with van der Waals surface area (Å²) in [5, 5.41) is 7.97. The molecule has 3 nitrogen and oxygen atoms in total. The highest BCUT2D eigenvalue weighted by Gasteiger charge is 2.14. The van der Waals surface area contributed by atoms with E-state index >= 15 is 0 Å². The van der Waals surface area contributed by atoms with Crippen molar-refractivity contribution in [1.29, 1.82) is 0 Å². The molecule has 0 aromatic rings. The van der Waals surface area contributed by atoms with E-state index in [1.165, 1.54) is 0 Å². The van der Waals surface area contributed by atoms with Gasteiger partial charge in [0.2, 0.25) is 0 Å². The third kappa shape index (κ3) is 2.26. The number of rotatable bonds is 1. The maximum Gasteiger partial charge on any atom is 0.152 e. The van der Waals surface area contributed by atoms with Gasteiger partial charge in [0.15, 0.2) is 5.84 Å². The van der Waals surface area contributed by atoms with Crippen LogP contribution in [0.3, 0.4) is 0 Å². The molecular formula is C9H15N3. The molecule has 0 radical (unpaired) electrons. The Morgan fingerprint density at radius 3 is 2.50 bits per heavy atom. The van der Waals surface area contributed by atoms with Crippen molar-refractivity contribution in [1.82, 2.24) is 0 Å². The highest BCUT2D eigenvalue weighted by Crippen LogP contribution is 2.12. The molecule has 0 atom stereocenters. The van der Waals surface area contributed by atoms with E-state index in [1.54, 1.807) is 0 Å². The van der Waals surface area contributed by atoms with Crippen LogP contribution >= 0.6 is 0 Å². The van der Waals surface area contributed by atoms with E-state index in [0.717, 1.165) is 5.84 Å². The Labute approximate surface area is 73.3 Å². The minimum atomic E-state index is -0.0693. The van der Waals surface area contributed by atoms with Crippen molar-refractivity contribution >= 4 is 18.3 Å². The quantitative estimate of drug-likeness (QED) is 0.571. The van der Waals surface area contributed by atoms with Gasteiger partial charge in [0, 0.05) is 23.8 Å². The monoisotopic (exact) mass is 165 g/mol. The normalized spacial score (nSPS) is 20.9. The van der Waals surface area contributed by atoms with E-state index in [0.29, 0.717) is 5.92 Å². The van der Waals surface area contributed by atoms with Gasteiger partial charge in [-0.05, 0) is 13.8 Å². The molecule has 1 rings (SSSR count). The lowest BCUT2D eigenvalue weighted by Gasteiger charge is -2.09. The molecule has 0 bridgehead atoms. The highest BCUT2D eigenvalue weighted by atomic mass is 15.2. The lowest BCUT2D eigenvalue weighted by atomic mass is 9.98. The van der Waals surface area contributed by atoms with Gasteiger partial charge in [-0.2, -0.15) is 5.10 Å². The summed E-state index contributed by atoms with van der Waals surface area (Å²) < 4.78 is 0. The van der Waals surface area contributed by atoms with Crippen LogP contribution in [0.4, 0.5) is 0 Å². The predicted molar refractivity (Wildman–Crippen MR) is 53.0 cm³/mol. The van der Waals surface area contributed by atoms with Crippen molar-refractivity contribution in [3.8, 4) is 0 Å². The molecule has 1 aliphatic heterocycles. The molecule has 0 fully saturated rings. The maximum absolute atomic E-state index is 4.28. The predicted octanol–water partition coefficient (Wildman–Crippen LogP) is 2.14. The summed E-state index contributed by atoms with van der Waals surface area (Å²) in [6.07, 6.45) is 3.70. The largest absolute Gasteiger partial charge is 0.243 e. The van der Waals surface area contributed by atoms with Crippen molar-refractivity contribution in [2.75, 3.05) is 0 Å². The molecule has 0 aromatic heterocycles. The molecule has 0 spiro atoms. The van der Waals surface area contributed by atoms with Gasteiger partial charge in [-0.3, -0.25) is 0 Å². The van der Waals surface area contributed by atoms with Crippen LogP contribution in [0.15, 0.2) is 15.2 Å². The number of hydrogen-bond donors (Lipinski definition) is 0. The van der Waals surface area contributed by atoms with Crippen LogP contribution in [0.5, 0.6) is 0 Å². The number of nitrogens with zero attached hydrogens (tertiary/aromatic N) is 3. The Kier molecular flexibility index (Phi) is 2.40. The summed E-state index contributed by atoms with van der Waals surface area (Å²) in [6.45, 7) is 8.23. The SMILES string of the molecule is CC(C)C1=NN=CC(C)(C)C=N1. The second kappa shape index (κ2) is 3.17. The summed E-state index contributed by atoms with van der Waals surface area (Å²) in [4.78, 5) is 4.28. The standard InChI is InChI=1S/C9H15N3/c1-7(2)8-10-5-9(3,4)6-11-12-8/h5-7H,1-4H3. The number of aliphatic imine (C=N–C) groups is 1. The summed E-state index contributed by atoms with van der Waals surface area (Å²) in [6, 6.07) is 0. The molecule has 3 heteroatoms. The Morgan fingerprint density at radius 1 is 1.25 bits per heavy atom. The van der Waals surface area contributed by atoms with Crippen molar-refractivity contribution in [2.24, 2.45) is 26.5 Å². The van der Waals surface area contributed by atoms with Crippen LogP contribution in [0.1, 0.15) is 27.7 Å². The molecule has 0 saturated heterocycles. The van der Waals surface area contributed by atoms with Crippen molar-refractivity contribution in [3.05, 3.63) is 0 Å². The van der Waals surface area contributed by atoms with E-state index in [4.69, 9.17) is 0 Å². The third-order valence-corrected chi connectivity index (χ3v) is 1.60. The molecular weight excluding hydrogens is 150 g/mol. The van der Waals surface area contributed by atoms with Gasteiger partial charge in [-0.25, -0.2) is 4.99 Å². The fourth-order valence-electron chi connectivity index (χ4n) is 0.793. The van der Waals surface area contributed by atoms with Crippen molar-refractivity contribution in [3.63, 3.8) is 0 Å². The molecule has 66 valence electrons. The minimum absolute atomic E-state index is 0.0693. The molecule has 0 aliphatic carbocycles. The van der Waals surface area contributed by atoms with Gasteiger partial charge in [0.05, 0.1) is 0 Å². The lowest BCUT2D eigenvalue weighted by molar-refractivity contribution is 0.765. The maximum atomic E-state index is 4.28. The topological polar surface area (TPSA) is 37.1 Å². The first kappa shape index (κ1) is 9.10. The molecule has 0 aromatic carbocycles. The van der Waals surface area contributed by atoms with Crippen LogP contribution < -0.4 is 0 Å². The minimum Gasteiger partial charge on any atom is -0.243 e. The zero-order chi connectivity index (χ0) is 9.19. The first-order chi connectivity index (χ1) is 5.51. The first-order valence-corrected chi connectivity index (χ1v) is 4.18. The molecule has 1 heterocycles. The number of hydrogen-bond acceptors (Lipinski definition) is 3. The molecule has 0 saturated carbocycles. The van der Waals surface area contributed by atoms with E-state index in [1.807, 2.05) is 12.4 Å². The van der Waals surface area contributed by atoms with Gasteiger partial charge < -0.3 is 0 Å². The van der Waals surface area contributed by atoms with Gasteiger partial charge in [0.25, 0.3) is 0 Å². The summed E-state index contributed by atoms with van der Waals surface area (Å²) in [5.41, 5.74) is -0.0693. The summed E-state index contributed by atoms with van der Waals surface area (Å²) >= 11 is 0. The zero-order valence-corrected chi connectivity index (χ0v) is 8.07. The first-order valence-electron chi connectivity index (χ1n) is 4.18. The van der Waals surface area contributed by atoms with Crippen molar-refractivity contribution in [2.45, 2.75) is 27.7 Å². The van der Waals surface area contributed by atoms with Gasteiger partial charge >= 0.3 is 0 Å². The summed E-state index contributed by atoms with van der Waals surface area (Å²) in [5.74, 6) is 1.14. The van der Waals surface area contributed by atoms with E-state index in [9.17, 15) is 0 Å². The second-order valence-corrected chi connectivity index (χ2v) is 3.94. The summed E-state index contributed by atoms with van der Waals surface area (Å²) in [7, 11) is 0. The average Bonchev–Trinajstić information content (AvgIpc) is 2.10. The van der Waals surface area contributed by atoms with Crippen LogP contribution in [0.25, 0.3) is 0 Å². The Balaban J connectivity index is 2.86. The van der Waals surface area contributed by atoms with Crippen LogP contribution in [-0.4, -0.2) is 18.3 Å². The van der Waals surface area contributed by atoms with Crippen LogP contribution in [0.2, 0.25) is 0 Å². The van der Waals surface area contributed by atoms with Crippen LogP contribution in [0, 0.1) is 11.3 Å². The average molecular weight is 165 g/mol. The molecule has 12 heavy (non-hydrogen) atoms. The molecule has 0 unspecified atom stereocenters.